The standard InChI is InChI=1S/C44H30N4O2/c1-44(2)33-24-28(27-45)16-22-39(33)49-40-23-19-31(25-34(40)44)36-26-35(46-43(47-36)30-10-4-3-5-11-30)29-17-20-32(21-18-29)48-37-12-6-8-14-41(37)50-42-15-9-7-13-38(42)48/h3-26H,1-2H3. The highest BCUT2D eigenvalue weighted by Gasteiger charge is 2.35. The maximum Gasteiger partial charge on any atom is 0.160 e. The van der Waals surface area contributed by atoms with Crippen LogP contribution in [0.1, 0.15) is 30.5 Å². The van der Waals surface area contributed by atoms with Crippen LogP contribution in [-0.2, 0) is 5.41 Å². The van der Waals surface area contributed by atoms with Crippen molar-refractivity contribution >= 4 is 17.1 Å². The summed E-state index contributed by atoms with van der Waals surface area (Å²) in [6.07, 6.45) is 0. The van der Waals surface area contributed by atoms with Crippen LogP contribution in [0.2, 0.25) is 0 Å². The molecule has 238 valence electrons. The summed E-state index contributed by atoms with van der Waals surface area (Å²) in [5.74, 6) is 3.86. The molecule has 0 saturated heterocycles. The third-order valence-electron chi connectivity index (χ3n) is 9.56. The van der Waals surface area contributed by atoms with E-state index in [-0.39, 0.29) is 0 Å². The van der Waals surface area contributed by atoms with Crippen molar-refractivity contribution in [3.05, 3.63) is 162 Å². The molecule has 6 aromatic carbocycles. The fourth-order valence-electron chi connectivity index (χ4n) is 6.93. The predicted molar refractivity (Wildman–Crippen MR) is 196 cm³/mol. The number of ether oxygens (including phenoxy) is 2. The highest BCUT2D eigenvalue weighted by molar-refractivity contribution is 5.87. The highest BCUT2D eigenvalue weighted by Crippen LogP contribution is 2.51. The van der Waals surface area contributed by atoms with E-state index in [9.17, 15) is 5.26 Å². The second kappa shape index (κ2) is 11.5. The molecule has 0 aliphatic carbocycles. The van der Waals surface area contributed by atoms with Crippen molar-refractivity contribution in [2.75, 3.05) is 4.90 Å². The number of benzene rings is 6. The zero-order valence-electron chi connectivity index (χ0n) is 27.5. The van der Waals surface area contributed by atoms with E-state index in [1.165, 1.54) is 0 Å². The summed E-state index contributed by atoms with van der Waals surface area (Å²) in [6.45, 7) is 4.34. The molecule has 6 nitrogen and oxygen atoms in total. The number of fused-ring (bicyclic) bond motifs is 4. The van der Waals surface area contributed by atoms with E-state index < -0.39 is 5.41 Å². The molecule has 2 aliphatic heterocycles. The molecule has 0 N–H and O–H groups in total. The monoisotopic (exact) mass is 646 g/mol. The summed E-state index contributed by atoms with van der Waals surface area (Å²) in [5, 5.41) is 9.58. The van der Waals surface area contributed by atoms with Crippen LogP contribution in [0.4, 0.5) is 17.1 Å². The Hall–Kier alpha value is -6.71. The molecule has 0 fully saturated rings. The van der Waals surface area contributed by atoms with Gasteiger partial charge in [-0.25, -0.2) is 9.97 Å². The van der Waals surface area contributed by atoms with Gasteiger partial charge in [-0.3, -0.25) is 0 Å². The van der Waals surface area contributed by atoms with E-state index in [0.717, 1.165) is 79.3 Å². The van der Waals surface area contributed by atoms with Gasteiger partial charge in [-0.1, -0.05) is 80.6 Å². The second-order valence-electron chi connectivity index (χ2n) is 13.0. The summed E-state index contributed by atoms with van der Waals surface area (Å²) >= 11 is 0. The molecule has 50 heavy (non-hydrogen) atoms. The number of para-hydroxylation sites is 4. The first kappa shape index (κ1) is 29.4. The number of aromatic nitrogens is 2. The molecule has 0 atom stereocenters. The topological polar surface area (TPSA) is 71.3 Å². The first-order chi connectivity index (χ1) is 24.5. The number of hydrogen-bond acceptors (Lipinski definition) is 6. The van der Waals surface area contributed by atoms with Gasteiger partial charge in [0.25, 0.3) is 0 Å². The van der Waals surface area contributed by atoms with Gasteiger partial charge in [-0.15, -0.1) is 0 Å². The third kappa shape index (κ3) is 4.87. The first-order valence-corrected chi connectivity index (χ1v) is 16.5. The molecule has 2 aliphatic rings. The first-order valence-electron chi connectivity index (χ1n) is 16.5. The summed E-state index contributed by atoms with van der Waals surface area (Å²) in [6, 6.07) is 50.9. The molecule has 6 heteroatoms. The van der Waals surface area contributed by atoms with E-state index >= 15 is 0 Å². The molecule has 9 rings (SSSR count). The van der Waals surface area contributed by atoms with E-state index in [4.69, 9.17) is 19.4 Å². The SMILES string of the molecule is CC1(C)c2cc(C#N)ccc2Oc2ccc(-c3cc(-c4ccc(N5c6ccccc6Oc6ccccc65)cc4)nc(-c4ccccc4)n3)cc21. The highest BCUT2D eigenvalue weighted by atomic mass is 16.5. The minimum atomic E-state index is -0.392. The van der Waals surface area contributed by atoms with Gasteiger partial charge in [0.15, 0.2) is 17.3 Å². The summed E-state index contributed by atoms with van der Waals surface area (Å²) < 4.78 is 12.6. The maximum atomic E-state index is 9.58. The van der Waals surface area contributed by atoms with Crippen molar-refractivity contribution in [3.63, 3.8) is 0 Å². The van der Waals surface area contributed by atoms with E-state index in [1.807, 2.05) is 84.9 Å². The molecule has 3 heterocycles. The Morgan fingerprint density at radius 1 is 0.540 bits per heavy atom. The minimum Gasteiger partial charge on any atom is -0.457 e. The van der Waals surface area contributed by atoms with E-state index in [0.29, 0.717) is 11.4 Å². The fraction of sp³-hybridized carbons (Fsp3) is 0.0682. The predicted octanol–water partition coefficient (Wildman–Crippen LogP) is 11.4. The lowest BCUT2D eigenvalue weighted by molar-refractivity contribution is 0.418. The fourth-order valence-corrected chi connectivity index (χ4v) is 6.93. The van der Waals surface area contributed by atoms with Crippen LogP contribution >= 0.6 is 0 Å². The van der Waals surface area contributed by atoms with Gasteiger partial charge in [0.05, 0.1) is 34.4 Å². The maximum absolute atomic E-state index is 9.58. The number of rotatable bonds is 4. The Labute approximate surface area is 290 Å². The van der Waals surface area contributed by atoms with Crippen molar-refractivity contribution in [3.8, 4) is 63.0 Å². The normalized spacial score (nSPS) is 13.4. The molecule has 0 spiro atoms. The average molecular weight is 647 g/mol. The van der Waals surface area contributed by atoms with Crippen LogP contribution in [0.5, 0.6) is 23.0 Å². The van der Waals surface area contributed by atoms with Crippen LogP contribution in [0.25, 0.3) is 33.9 Å². The summed E-state index contributed by atoms with van der Waals surface area (Å²) in [4.78, 5) is 12.4. The molecule has 0 radical (unpaired) electrons. The molecule has 0 saturated carbocycles. The molecule has 1 aromatic heterocycles. The van der Waals surface area contributed by atoms with Gasteiger partial charge in [0, 0.05) is 38.9 Å². The minimum absolute atomic E-state index is 0.392. The number of hydrogen-bond donors (Lipinski definition) is 0. The van der Waals surface area contributed by atoms with Gasteiger partial charge in [0.1, 0.15) is 11.5 Å². The lowest BCUT2D eigenvalue weighted by Gasteiger charge is -2.35. The van der Waals surface area contributed by atoms with Crippen molar-refractivity contribution in [2.24, 2.45) is 0 Å². The van der Waals surface area contributed by atoms with Gasteiger partial charge in [-0.2, -0.15) is 5.26 Å². The smallest absolute Gasteiger partial charge is 0.160 e. The molecular weight excluding hydrogens is 617 g/mol. The number of anilines is 3. The van der Waals surface area contributed by atoms with Crippen LogP contribution in [0.15, 0.2) is 146 Å². The molecular formula is C44H30N4O2. The van der Waals surface area contributed by atoms with Gasteiger partial charge in [-0.05, 0) is 78.9 Å². The van der Waals surface area contributed by atoms with E-state index in [2.05, 4.69) is 79.4 Å². The van der Waals surface area contributed by atoms with Crippen LogP contribution in [-0.4, -0.2) is 9.97 Å². The molecule has 0 bridgehead atoms. The lowest BCUT2D eigenvalue weighted by Crippen LogP contribution is -2.24. The Bertz CT molecular complexity index is 2440. The Balaban J connectivity index is 1.14. The summed E-state index contributed by atoms with van der Waals surface area (Å²) in [7, 11) is 0. The zero-order valence-corrected chi connectivity index (χ0v) is 27.5. The molecule has 7 aromatic rings. The summed E-state index contributed by atoms with van der Waals surface area (Å²) in [5.41, 5.74) is 9.74. The number of nitrogens with zero attached hydrogens (tertiary/aromatic N) is 4. The van der Waals surface area contributed by atoms with Crippen molar-refractivity contribution in [1.29, 1.82) is 5.26 Å². The van der Waals surface area contributed by atoms with E-state index in [1.54, 1.807) is 6.07 Å². The van der Waals surface area contributed by atoms with Gasteiger partial charge in [0.2, 0.25) is 0 Å². The Kier molecular flexibility index (Phi) is 6.75. The zero-order chi connectivity index (χ0) is 33.8. The van der Waals surface area contributed by atoms with Gasteiger partial charge < -0.3 is 14.4 Å². The second-order valence-corrected chi connectivity index (χ2v) is 13.0. The van der Waals surface area contributed by atoms with Crippen molar-refractivity contribution in [1.82, 2.24) is 9.97 Å². The Morgan fingerprint density at radius 2 is 1.10 bits per heavy atom. The largest absolute Gasteiger partial charge is 0.457 e. The van der Waals surface area contributed by atoms with Gasteiger partial charge >= 0.3 is 0 Å². The quantitative estimate of drug-likeness (QED) is 0.189. The third-order valence-corrected chi connectivity index (χ3v) is 9.56. The lowest BCUT2D eigenvalue weighted by atomic mass is 9.75. The van der Waals surface area contributed by atoms with Crippen molar-refractivity contribution in [2.45, 2.75) is 19.3 Å². The van der Waals surface area contributed by atoms with Crippen molar-refractivity contribution < 1.29 is 9.47 Å². The average Bonchev–Trinajstić information content (AvgIpc) is 3.17. The number of nitriles is 1. The Morgan fingerprint density at radius 3 is 1.78 bits per heavy atom. The van der Waals surface area contributed by atoms with Crippen LogP contribution in [0, 0.1) is 11.3 Å². The molecule has 0 amide bonds. The van der Waals surface area contributed by atoms with Crippen LogP contribution in [0.3, 0.4) is 0 Å². The van der Waals surface area contributed by atoms with Crippen LogP contribution < -0.4 is 14.4 Å². The molecule has 0 unspecified atom stereocenters.